The van der Waals surface area contributed by atoms with Gasteiger partial charge in [-0.3, -0.25) is 0 Å². The van der Waals surface area contributed by atoms with E-state index in [2.05, 4.69) is 5.32 Å². The van der Waals surface area contributed by atoms with Crippen molar-refractivity contribution in [3.8, 4) is 0 Å². The Morgan fingerprint density at radius 3 is 2.14 bits per heavy atom. The molecule has 0 heterocycles. The predicted octanol–water partition coefficient (Wildman–Crippen LogP) is 3.08. The number of esters is 1. The molecule has 2 rings (SSSR count). The number of methoxy groups -OCH3 is 1. The lowest BCUT2D eigenvalue weighted by molar-refractivity contribution is -0.134. The van der Waals surface area contributed by atoms with Gasteiger partial charge in [0.25, 0.3) is 0 Å². The summed E-state index contributed by atoms with van der Waals surface area (Å²) < 4.78 is 4.72. The van der Waals surface area contributed by atoms with E-state index in [9.17, 15) is 4.79 Å². The van der Waals surface area contributed by atoms with Crippen LogP contribution in [0.25, 0.3) is 0 Å². The van der Waals surface area contributed by atoms with E-state index in [-0.39, 0.29) is 5.97 Å². The fourth-order valence-electron chi connectivity index (χ4n) is 1.99. The van der Waals surface area contributed by atoms with Crippen molar-refractivity contribution >= 4 is 5.97 Å². The van der Waals surface area contributed by atoms with Gasteiger partial charge in [-0.25, -0.2) is 4.79 Å². The third-order valence-electron chi connectivity index (χ3n) is 3.09. The highest BCUT2D eigenvalue weighted by molar-refractivity contribution is 5.82. The Hall–Kier alpha value is -2.55. The lowest BCUT2D eigenvalue weighted by Crippen LogP contribution is -2.16. The molecule has 0 aliphatic heterocycles. The number of carbonyl (C=O) groups excluding carboxylic acids is 1. The summed E-state index contributed by atoms with van der Waals surface area (Å²) in [5.41, 5.74) is 3.16. The van der Waals surface area contributed by atoms with Crippen LogP contribution in [0.3, 0.4) is 0 Å². The Balaban J connectivity index is 2.05. The summed E-state index contributed by atoms with van der Waals surface area (Å²) in [4.78, 5) is 11.5. The van der Waals surface area contributed by atoms with Crippen molar-refractivity contribution < 1.29 is 9.53 Å². The number of rotatable bonds is 6. The molecule has 0 bridgehead atoms. The molecule has 1 N–H and O–H groups in total. The van der Waals surface area contributed by atoms with Crippen LogP contribution in [0.5, 0.6) is 0 Å². The minimum Gasteiger partial charge on any atom is -0.466 e. The third-order valence-corrected chi connectivity index (χ3v) is 3.09. The first kappa shape index (κ1) is 14.9. The van der Waals surface area contributed by atoms with Gasteiger partial charge in [0.05, 0.1) is 7.11 Å². The van der Waals surface area contributed by atoms with Crippen molar-refractivity contribution in [3.63, 3.8) is 0 Å². The smallest absolute Gasteiger partial charge is 0.332 e. The van der Waals surface area contributed by atoms with Gasteiger partial charge in [-0.15, -0.1) is 0 Å². The van der Waals surface area contributed by atoms with Crippen molar-refractivity contribution in [3.05, 3.63) is 83.6 Å². The topological polar surface area (TPSA) is 38.3 Å². The minimum absolute atomic E-state index is 0.346. The maximum atomic E-state index is 11.5. The third kappa shape index (κ3) is 5.15. The van der Waals surface area contributed by atoms with E-state index < -0.39 is 0 Å². The molecule has 0 amide bonds. The van der Waals surface area contributed by atoms with E-state index in [1.807, 2.05) is 60.7 Å². The molecule has 3 heteroatoms. The van der Waals surface area contributed by atoms with Crippen molar-refractivity contribution in [1.29, 1.82) is 0 Å². The van der Waals surface area contributed by atoms with Gasteiger partial charge >= 0.3 is 5.97 Å². The molecule has 0 radical (unpaired) electrons. The maximum Gasteiger partial charge on any atom is 0.332 e. The number of allylic oxidation sites excluding steroid dienone is 1. The largest absolute Gasteiger partial charge is 0.466 e. The molecule has 0 fully saturated rings. The van der Waals surface area contributed by atoms with Crippen LogP contribution in [0.1, 0.15) is 11.1 Å². The second-order valence-electron chi connectivity index (χ2n) is 4.69. The summed E-state index contributed by atoms with van der Waals surface area (Å²) in [7, 11) is 1.39. The van der Waals surface area contributed by atoms with Crippen LogP contribution in [0.4, 0.5) is 0 Å². The van der Waals surface area contributed by atoms with Crippen LogP contribution in [-0.2, 0) is 22.5 Å². The summed E-state index contributed by atoms with van der Waals surface area (Å²) >= 11 is 0. The first-order valence-electron chi connectivity index (χ1n) is 6.88. The molecule has 0 spiro atoms. The highest BCUT2D eigenvalue weighted by atomic mass is 16.5. The first-order chi connectivity index (χ1) is 10.3. The van der Waals surface area contributed by atoms with Gasteiger partial charge in [0.15, 0.2) is 0 Å². The second kappa shape index (κ2) is 7.90. The van der Waals surface area contributed by atoms with Gasteiger partial charge in [0.1, 0.15) is 0 Å². The summed E-state index contributed by atoms with van der Waals surface area (Å²) in [6.45, 7) is 0.677. The van der Waals surface area contributed by atoms with Crippen molar-refractivity contribution in [2.75, 3.05) is 7.11 Å². The number of hydrogen-bond donors (Lipinski definition) is 1. The van der Waals surface area contributed by atoms with Crippen molar-refractivity contribution in [1.82, 2.24) is 5.32 Å². The number of nitrogens with one attached hydrogen (secondary N) is 1. The van der Waals surface area contributed by atoms with Gasteiger partial charge < -0.3 is 10.1 Å². The zero-order chi connectivity index (χ0) is 14.9. The summed E-state index contributed by atoms with van der Waals surface area (Å²) in [5.74, 6) is -0.346. The van der Waals surface area contributed by atoms with E-state index >= 15 is 0 Å². The highest BCUT2D eigenvalue weighted by Crippen LogP contribution is 2.07. The molecule has 0 aliphatic rings. The standard InChI is InChI=1S/C18H19NO2/c1-21-18(20)13-17(12-15-8-4-2-5-9-15)19-14-16-10-6-3-7-11-16/h2-11,13,19H,12,14H2,1H3/b17-13-. The normalized spacial score (nSPS) is 11.0. The van der Waals surface area contributed by atoms with Crippen LogP contribution in [0.2, 0.25) is 0 Å². The molecular weight excluding hydrogens is 262 g/mol. The van der Waals surface area contributed by atoms with Crippen LogP contribution in [0, 0.1) is 0 Å². The zero-order valence-corrected chi connectivity index (χ0v) is 12.1. The maximum absolute atomic E-state index is 11.5. The molecule has 0 aromatic heterocycles. The number of ether oxygens (including phenoxy) is 1. The Labute approximate surface area is 125 Å². The fourth-order valence-corrected chi connectivity index (χ4v) is 1.99. The van der Waals surface area contributed by atoms with Gasteiger partial charge in [-0.1, -0.05) is 60.7 Å². The molecule has 21 heavy (non-hydrogen) atoms. The molecular formula is C18H19NO2. The van der Waals surface area contributed by atoms with E-state index in [4.69, 9.17) is 4.74 Å². The van der Waals surface area contributed by atoms with Gasteiger partial charge in [-0.05, 0) is 11.1 Å². The van der Waals surface area contributed by atoms with Crippen molar-refractivity contribution in [2.45, 2.75) is 13.0 Å². The fraction of sp³-hybridized carbons (Fsp3) is 0.167. The van der Waals surface area contributed by atoms with Gasteiger partial charge in [0, 0.05) is 24.7 Å². The van der Waals surface area contributed by atoms with Crippen LogP contribution in [0.15, 0.2) is 72.4 Å². The number of hydrogen-bond acceptors (Lipinski definition) is 3. The van der Waals surface area contributed by atoms with E-state index in [1.165, 1.54) is 18.7 Å². The number of benzene rings is 2. The summed E-state index contributed by atoms with van der Waals surface area (Å²) in [6, 6.07) is 20.1. The van der Waals surface area contributed by atoms with E-state index in [0.717, 1.165) is 11.3 Å². The van der Waals surface area contributed by atoms with Crippen LogP contribution >= 0.6 is 0 Å². The average Bonchev–Trinajstić information content (AvgIpc) is 2.54. The summed E-state index contributed by atoms with van der Waals surface area (Å²) in [5, 5.41) is 3.31. The van der Waals surface area contributed by atoms with Crippen LogP contribution in [-0.4, -0.2) is 13.1 Å². The Morgan fingerprint density at radius 2 is 1.57 bits per heavy atom. The average molecular weight is 281 g/mol. The molecule has 2 aromatic rings. The minimum atomic E-state index is -0.346. The van der Waals surface area contributed by atoms with E-state index in [0.29, 0.717) is 13.0 Å². The molecule has 0 saturated heterocycles. The second-order valence-corrected chi connectivity index (χ2v) is 4.69. The molecule has 3 nitrogen and oxygen atoms in total. The lowest BCUT2D eigenvalue weighted by atomic mass is 10.1. The lowest BCUT2D eigenvalue weighted by Gasteiger charge is -2.11. The van der Waals surface area contributed by atoms with Gasteiger partial charge in [-0.2, -0.15) is 0 Å². The highest BCUT2D eigenvalue weighted by Gasteiger charge is 2.04. The van der Waals surface area contributed by atoms with Crippen molar-refractivity contribution in [2.24, 2.45) is 0 Å². The predicted molar refractivity (Wildman–Crippen MR) is 83.5 cm³/mol. The van der Waals surface area contributed by atoms with E-state index in [1.54, 1.807) is 0 Å². The first-order valence-corrected chi connectivity index (χ1v) is 6.88. The Kier molecular flexibility index (Phi) is 5.59. The SMILES string of the molecule is COC(=O)/C=C(/Cc1ccccc1)NCc1ccccc1. The quantitative estimate of drug-likeness (QED) is 0.653. The molecule has 0 aliphatic carbocycles. The Morgan fingerprint density at radius 1 is 1.00 bits per heavy atom. The van der Waals surface area contributed by atoms with Crippen LogP contribution < -0.4 is 5.32 Å². The molecule has 0 unspecified atom stereocenters. The monoisotopic (exact) mass is 281 g/mol. The number of carbonyl (C=O) groups is 1. The Bertz CT molecular complexity index is 591. The molecule has 2 aromatic carbocycles. The summed E-state index contributed by atoms with van der Waals surface area (Å²) in [6.07, 6.45) is 2.18. The molecule has 108 valence electrons. The molecule has 0 saturated carbocycles. The zero-order valence-electron chi connectivity index (χ0n) is 12.1. The van der Waals surface area contributed by atoms with Gasteiger partial charge in [0.2, 0.25) is 0 Å². The molecule has 0 atom stereocenters.